The average molecular weight is 209 g/mol. The first-order valence-corrected chi connectivity index (χ1v) is 3.38. The van der Waals surface area contributed by atoms with Gasteiger partial charge in [-0.25, -0.2) is 0 Å². The fourth-order valence-corrected chi connectivity index (χ4v) is 1.28. The Morgan fingerprint density at radius 1 is 1.71 bits per heavy atom. The summed E-state index contributed by atoms with van der Waals surface area (Å²) < 4.78 is 2.18. The third-order valence-corrected chi connectivity index (χ3v) is 2.33. The Morgan fingerprint density at radius 2 is 2.43 bits per heavy atom. The molecular formula is C5H8IN. The molecule has 0 saturated carbocycles. The second-order valence-corrected chi connectivity index (χ2v) is 2.92. The van der Waals surface area contributed by atoms with Crippen LogP contribution in [0.2, 0.25) is 0 Å². The van der Waals surface area contributed by atoms with Crippen LogP contribution in [0.1, 0.15) is 12.8 Å². The highest BCUT2D eigenvalue weighted by Crippen LogP contribution is 2.21. The molecule has 1 aliphatic rings. The normalized spacial score (nSPS) is 21.3. The van der Waals surface area contributed by atoms with Crippen LogP contribution in [-0.2, 0) is 0 Å². The molecule has 0 bridgehead atoms. The molecule has 40 valence electrons. The molecule has 1 saturated heterocycles. The van der Waals surface area contributed by atoms with Crippen molar-refractivity contribution in [3.05, 3.63) is 12.3 Å². The fourth-order valence-electron chi connectivity index (χ4n) is 0.701. The van der Waals surface area contributed by atoms with E-state index in [1.807, 2.05) is 0 Å². The maximum absolute atomic E-state index is 3.85. The van der Waals surface area contributed by atoms with Crippen molar-refractivity contribution in [1.29, 1.82) is 0 Å². The zero-order valence-corrected chi connectivity index (χ0v) is 6.31. The average Bonchev–Trinajstić information content (AvgIpc) is 1.91. The molecule has 0 N–H and O–H groups in total. The summed E-state index contributed by atoms with van der Waals surface area (Å²) in [6, 6.07) is 0. The Kier molecular flexibility index (Phi) is 1.57. The minimum absolute atomic E-state index is 1.19. The maximum Gasteiger partial charge on any atom is 0.0588 e. The van der Waals surface area contributed by atoms with Crippen molar-refractivity contribution < 1.29 is 0 Å². The number of hydrogen-bond acceptors (Lipinski definition) is 1. The lowest BCUT2D eigenvalue weighted by Crippen LogP contribution is -1.98. The number of allylic oxidation sites excluding steroid dienone is 1. The molecule has 1 nitrogen and oxygen atoms in total. The highest BCUT2D eigenvalue weighted by Gasteiger charge is 2.09. The molecule has 0 amide bonds. The van der Waals surface area contributed by atoms with Crippen molar-refractivity contribution >= 4 is 22.9 Å². The molecule has 2 heteroatoms. The van der Waals surface area contributed by atoms with E-state index in [1.54, 1.807) is 0 Å². The van der Waals surface area contributed by atoms with Gasteiger partial charge in [-0.3, -0.25) is 0 Å². The van der Waals surface area contributed by atoms with E-state index in [-0.39, 0.29) is 0 Å². The Morgan fingerprint density at radius 3 is 2.57 bits per heavy atom. The summed E-state index contributed by atoms with van der Waals surface area (Å²) in [7, 11) is 0. The van der Waals surface area contributed by atoms with Crippen molar-refractivity contribution in [1.82, 2.24) is 3.11 Å². The lowest BCUT2D eigenvalue weighted by atomic mass is 10.3. The molecule has 0 spiro atoms. The Balaban J connectivity index is 2.48. The van der Waals surface area contributed by atoms with Crippen LogP contribution in [0.5, 0.6) is 0 Å². The first-order chi connectivity index (χ1) is 3.30. The molecular weight excluding hydrogens is 201 g/mol. The molecule has 0 atom stereocenters. The van der Waals surface area contributed by atoms with Crippen LogP contribution in [0.15, 0.2) is 12.3 Å². The SMILES string of the molecule is C=C1CCCN1I. The van der Waals surface area contributed by atoms with Crippen LogP contribution in [0.4, 0.5) is 0 Å². The van der Waals surface area contributed by atoms with Gasteiger partial charge in [0.15, 0.2) is 0 Å². The third-order valence-electron chi connectivity index (χ3n) is 1.16. The predicted molar refractivity (Wildman–Crippen MR) is 39.1 cm³/mol. The van der Waals surface area contributed by atoms with E-state index in [4.69, 9.17) is 0 Å². The van der Waals surface area contributed by atoms with Gasteiger partial charge >= 0.3 is 0 Å². The molecule has 1 rings (SSSR count). The van der Waals surface area contributed by atoms with Crippen LogP contribution in [-0.4, -0.2) is 9.66 Å². The predicted octanol–water partition coefficient (Wildman–Crippen LogP) is 1.95. The van der Waals surface area contributed by atoms with Gasteiger partial charge in [0.05, 0.1) is 22.9 Å². The Bertz CT molecular complexity index is 90.1. The molecule has 0 aliphatic carbocycles. The highest BCUT2D eigenvalue weighted by atomic mass is 127. The quantitative estimate of drug-likeness (QED) is 0.435. The van der Waals surface area contributed by atoms with E-state index in [0.29, 0.717) is 0 Å². The summed E-state index contributed by atoms with van der Waals surface area (Å²) in [6.07, 6.45) is 2.49. The van der Waals surface area contributed by atoms with Gasteiger partial charge in [0.25, 0.3) is 0 Å². The molecule has 0 radical (unpaired) electrons. The zero-order valence-electron chi connectivity index (χ0n) is 4.15. The number of nitrogens with zero attached hydrogens (tertiary/aromatic N) is 1. The van der Waals surface area contributed by atoms with Crippen molar-refractivity contribution in [2.24, 2.45) is 0 Å². The first kappa shape index (κ1) is 5.41. The summed E-state index contributed by atoms with van der Waals surface area (Å²) in [5.41, 5.74) is 1.28. The Labute approximate surface area is 57.9 Å². The van der Waals surface area contributed by atoms with E-state index in [9.17, 15) is 0 Å². The molecule has 0 aromatic rings. The van der Waals surface area contributed by atoms with Crippen molar-refractivity contribution in [2.45, 2.75) is 12.8 Å². The molecule has 0 aromatic heterocycles. The number of hydrogen-bond donors (Lipinski definition) is 0. The zero-order chi connectivity index (χ0) is 5.28. The second-order valence-electron chi connectivity index (χ2n) is 1.76. The molecule has 0 unspecified atom stereocenters. The highest BCUT2D eigenvalue weighted by molar-refractivity contribution is 14.1. The lowest BCUT2D eigenvalue weighted by molar-refractivity contribution is 0.710. The van der Waals surface area contributed by atoms with Crippen LogP contribution in [0, 0.1) is 0 Å². The summed E-state index contributed by atoms with van der Waals surface area (Å²) in [5, 5.41) is 0. The minimum atomic E-state index is 1.19. The summed E-state index contributed by atoms with van der Waals surface area (Å²) in [6.45, 7) is 5.05. The first-order valence-electron chi connectivity index (χ1n) is 2.42. The second kappa shape index (κ2) is 2.03. The van der Waals surface area contributed by atoms with Crippen molar-refractivity contribution in [3.8, 4) is 0 Å². The van der Waals surface area contributed by atoms with Crippen molar-refractivity contribution in [3.63, 3.8) is 0 Å². The van der Waals surface area contributed by atoms with E-state index < -0.39 is 0 Å². The number of halogens is 1. The molecule has 1 heterocycles. The monoisotopic (exact) mass is 209 g/mol. The summed E-state index contributed by atoms with van der Waals surface area (Å²) >= 11 is 2.29. The summed E-state index contributed by atoms with van der Waals surface area (Å²) in [4.78, 5) is 0. The standard InChI is InChI=1S/C5H8IN/c1-5-3-2-4-7(5)6/h1-4H2. The van der Waals surface area contributed by atoms with Gasteiger partial charge in [-0.2, -0.15) is 0 Å². The third kappa shape index (κ3) is 1.08. The van der Waals surface area contributed by atoms with E-state index in [1.165, 1.54) is 25.1 Å². The van der Waals surface area contributed by atoms with E-state index in [2.05, 4.69) is 32.6 Å². The van der Waals surface area contributed by atoms with Crippen LogP contribution >= 0.6 is 22.9 Å². The minimum Gasteiger partial charge on any atom is -0.319 e. The van der Waals surface area contributed by atoms with Gasteiger partial charge in [0.1, 0.15) is 0 Å². The topological polar surface area (TPSA) is 3.24 Å². The van der Waals surface area contributed by atoms with Gasteiger partial charge in [0, 0.05) is 12.2 Å². The van der Waals surface area contributed by atoms with Gasteiger partial charge in [-0.1, -0.05) is 6.58 Å². The number of rotatable bonds is 0. The molecule has 1 fully saturated rings. The molecule has 1 aliphatic heterocycles. The van der Waals surface area contributed by atoms with Crippen LogP contribution in [0.3, 0.4) is 0 Å². The van der Waals surface area contributed by atoms with E-state index in [0.717, 1.165) is 0 Å². The maximum atomic E-state index is 3.85. The van der Waals surface area contributed by atoms with Gasteiger partial charge < -0.3 is 3.11 Å². The smallest absolute Gasteiger partial charge is 0.0588 e. The fraction of sp³-hybridized carbons (Fsp3) is 0.600. The Hall–Kier alpha value is 0.270. The lowest BCUT2D eigenvalue weighted by Gasteiger charge is -2.05. The van der Waals surface area contributed by atoms with Gasteiger partial charge in [-0.15, -0.1) is 0 Å². The molecule has 7 heavy (non-hydrogen) atoms. The largest absolute Gasteiger partial charge is 0.319 e. The molecule has 0 aromatic carbocycles. The van der Waals surface area contributed by atoms with Gasteiger partial charge in [-0.05, 0) is 12.8 Å². The van der Waals surface area contributed by atoms with Crippen LogP contribution in [0.25, 0.3) is 0 Å². The van der Waals surface area contributed by atoms with Gasteiger partial charge in [0.2, 0.25) is 0 Å². The summed E-state index contributed by atoms with van der Waals surface area (Å²) in [5.74, 6) is 0. The van der Waals surface area contributed by atoms with Crippen molar-refractivity contribution in [2.75, 3.05) is 6.54 Å². The van der Waals surface area contributed by atoms with E-state index >= 15 is 0 Å². The van der Waals surface area contributed by atoms with Crippen LogP contribution < -0.4 is 0 Å².